The van der Waals surface area contributed by atoms with Crippen LogP contribution in [0.4, 0.5) is 0 Å². The molecule has 0 nitrogen and oxygen atoms in total. The summed E-state index contributed by atoms with van der Waals surface area (Å²) in [6.07, 6.45) is 1.03. The summed E-state index contributed by atoms with van der Waals surface area (Å²) in [7, 11) is 0. The van der Waals surface area contributed by atoms with Crippen LogP contribution in [0.3, 0.4) is 0 Å². The van der Waals surface area contributed by atoms with E-state index in [4.69, 9.17) is 0 Å². The first-order valence-corrected chi connectivity index (χ1v) is 5.71. The van der Waals surface area contributed by atoms with Crippen LogP contribution in [0.2, 0.25) is 0 Å². The first-order valence-electron chi connectivity index (χ1n) is 4.63. The van der Waals surface area contributed by atoms with Crippen LogP contribution in [0.5, 0.6) is 0 Å². The van der Waals surface area contributed by atoms with Crippen LogP contribution in [0.25, 0.3) is 0 Å². The summed E-state index contributed by atoms with van der Waals surface area (Å²) in [6.45, 7) is 0. The molecule has 0 aliphatic rings. The molecule has 0 saturated carbocycles. The fraction of sp³-hybridized carbons (Fsp3) is 0.0769. The Bertz CT molecular complexity index is 407. The van der Waals surface area contributed by atoms with Crippen molar-refractivity contribution in [3.05, 3.63) is 69.3 Å². The molecule has 0 amide bonds. The Morgan fingerprint density at radius 1 is 0.786 bits per heavy atom. The van der Waals surface area contributed by atoms with E-state index in [1.165, 1.54) is 14.7 Å². The normalized spacial score (nSPS) is 10.1. The zero-order valence-electron chi connectivity index (χ0n) is 7.78. The van der Waals surface area contributed by atoms with E-state index in [0.29, 0.717) is 0 Å². The van der Waals surface area contributed by atoms with E-state index in [1.54, 1.807) is 0 Å². The minimum Gasteiger partial charge on any atom is -0.0622 e. The Hall–Kier alpha value is -0.830. The van der Waals surface area contributed by atoms with Gasteiger partial charge in [-0.2, -0.15) is 0 Å². The minimum absolute atomic E-state index is 1.03. The molecule has 0 N–H and O–H groups in total. The van der Waals surface area contributed by atoms with Gasteiger partial charge < -0.3 is 0 Å². The van der Waals surface area contributed by atoms with E-state index < -0.39 is 0 Å². The number of halogens is 1. The van der Waals surface area contributed by atoms with Gasteiger partial charge in [0.05, 0.1) is 0 Å². The van der Waals surface area contributed by atoms with Gasteiger partial charge in [0.1, 0.15) is 0 Å². The van der Waals surface area contributed by atoms with E-state index in [-0.39, 0.29) is 0 Å². The molecule has 0 heterocycles. The van der Waals surface area contributed by atoms with Crippen molar-refractivity contribution < 1.29 is 0 Å². The van der Waals surface area contributed by atoms with Gasteiger partial charge in [-0.25, -0.2) is 0 Å². The molecular weight excluding hydrogens is 283 g/mol. The monoisotopic (exact) mass is 294 g/mol. The topological polar surface area (TPSA) is 0 Å². The second-order valence-electron chi connectivity index (χ2n) is 3.25. The third kappa shape index (κ3) is 2.35. The second kappa shape index (κ2) is 4.60. The van der Waals surface area contributed by atoms with Gasteiger partial charge in [-0.05, 0) is 46.2 Å². The van der Waals surface area contributed by atoms with Gasteiger partial charge >= 0.3 is 0 Å². The molecule has 2 aromatic rings. The van der Waals surface area contributed by atoms with Crippen molar-refractivity contribution in [1.29, 1.82) is 0 Å². The lowest BCUT2D eigenvalue weighted by atomic mass is 10.1. The van der Waals surface area contributed by atoms with Crippen LogP contribution in [0.15, 0.2) is 54.6 Å². The Labute approximate surface area is 98.1 Å². The van der Waals surface area contributed by atoms with Gasteiger partial charge in [-0.3, -0.25) is 0 Å². The molecule has 70 valence electrons. The summed E-state index contributed by atoms with van der Waals surface area (Å²) in [5, 5.41) is 0. The molecule has 0 saturated heterocycles. The molecule has 0 aromatic heterocycles. The van der Waals surface area contributed by atoms with E-state index in [1.807, 2.05) is 0 Å². The summed E-state index contributed by atoms with van der Waals surface area (Å²) in [4.78, 5) is 0. The molecule has 0 unspecified atom stereocenters. The zero-order valence-corrected chi connectivity index (χ0v) is 9.94. The predicted octanol–water partition coefficient (Wildman–Crippen LogP) is 3.88. The van der Waals surface area contributed by atoms with Gasteiger partial charge in [-0.1, -0.05) is 48.5 Å². The molecule has 2 rings (SSSR count). The van der Waals surface area contributed by atoms with Crippen molar-refractivity contribution in [2.24, 2.45) is 0 Å². The lowest BCUT2D eigenvalue weighted by Crippen LogP contribution is -1.90. The maximum atomic E-state index is 2.39. The van der Waals surface area contributed by atoms with Gasteiger partial charge in [-0.15, -0.1) is 0 Å². The van der Waals surface area contributed by atoms with Gasteiger partial charge in [0.2, 0.25) is 0 Å². The van der Waals surface area contributed by atoms with E-state index in [2.05, 4.69) is 77.2 Å². The molecular formula is C13H11I. The summed E-state index contributed by atoms with van der Waals surface area (Å²) in [6, 6.07) is 19.1. The maximum absolute atomic E-state index is 2.39. The average molecular weight is 294 g/mol. The SMILES string of the molecule is Ic1ccccc1Cc1ccccc1. The summed E-state index contributed by atoms with van der Waals surface area (Å²) >= 11 is 2.39. The molecule has 1 heteroatoms. The fourth-order valence-electron chi connectivity index (χ4n) is 1.46. The number of benzene rings is 2. The van der Waals surface area contributed by atoms with E-state index >= 15 is 0 Å². The summed E-state index contributed by atoms with van der Waals surface area (Å²) < 4.78 is 1.34. The van der Waals surface area contributed by atoms with Crippen LogP contribution >= 0.6 is 22.6 Å². The van der Waals surface area contributed by atoms with Crippen molar-refractivity contribution >= 4 is 22.6 Å². The second-order valence-corrected chi connectivity index (χ2v) is 4.42. The molecule has 2 aromatic carbocycles. The van der Waals surface area contributed by atoms with Crippen molar-refractivity contribution in [3.8, 4) is 0 Å². The molecule has 0 bridgehead atoms. The highest BCUT2D eigenvalue weighted by molar-refractivity contribution is 14.1. The third-order valence-corrected chi connectivity index (χ3v) is 3.25. The van der Waals surface area contributed by atoms with E-state index in [9.17, 15) is 0 Å². The van der Waals surface area contributed by atoms with Crippen molar-refractivity contribution in [3.63, 3.8) is 0 Å². The summed E-state index contributed by atoms with van der Waals surface area (Å²) in [5.41, 5.74) is 2.77. The van der Waals surface area contributed by atoms with Crippen molar-refractivity contribution in [2.75, 3.05) is 0 Å². The van der Waals surface area contributed by atoms with Gasteiger partial charge in [0.15, 0.2) is 0 Å². The third-order valence-electron chi connectivity index (χ3n) is 2.20. The highest BCUT2D eigenvalue weighted by atomic mass is 127. The van der Waals surface area contributed by atoms with Crippen LogP contribution in [-0.2, 0) is 6.42 Å². The Kier molecular flexibility index (Phi) is 3.19. The molecule has 0 aliphatic heterocycles. The number of rotatable bonds is 2. The number of hydrogen-bond donors (Lipinski definition) is 0. The fourth-order valence-corrected chi connectivity index (χ4v) is 2.04. The molecule has 0 atom stereocenters. The molecule has 0 aliphatic carbocycles. The highest BCUT2D eigenvalue weighted by Gasteiger charge is 1.98. The predicted molar refractivity (Wildman–Crippen MR) is 68.4 cm³/mol. The van der Waals surface area contributed by atoms with Gasteiger partial charge in [0.25, 0.3) is 0 Å². The van der Waals surface area contributed by atoms with Crippen molar-refractivity contribution in [2.45, 2.75) is 6.42 Å². The maximum Gasteiger partial charge on any atom is 0.0165 e. The lowest BCUT2D eigenvalue weighted by molar-refractivity contribution is 1.18. The Morgan fingerprint density at radius 2 is 1.43 bits per heavy atom. The van der Waals surface area contributed by atoms with Crippen LogP contribution in [0.1, 0.15) is 11.1 Å². The lowest BCUT2D eigenvalue weighted by Gasteiger charge is -2.03. The minimum atomic E-state index is 1.03. The molecule has 14 heavy (non-hydrogen) atoms. The largest absolute Gasteiger partial charge is 0.0622 e. The summed E-state index contributed by atoms with van der Waals surface area (Å²) in [5.74, 6) is 0. The number of hydrogen-bond acceptors (Lipinski definition) is 0. The first kappa shape index (κ1) is 9.71. The smallest absolute Gasteiger partial charge is 0.0165 e. The zero-order chi connectivity index (χ0) is 9.80. The molecule has 0 fully saturated rings. The molecule has 0 radical (unpaired) electrons. The van der Waals surface area contributed by atoms with Crippen molar-refractivity contribution in [1.82, 2.24) is 0 Å². The first-order chi connectivity index (χ1) is 6.86. The Morgan fingerprint density at radius 3 is 2.14 bits per heavy atom. The standard InChI is InChI=1S/C13H11I/c14-13-9-5-4-8-12(13)10-11-6-2-1-3-7-11/h1-9H,10H2. The quantitative estimate of drug-likeness (QED) is 0.737. The highest BCUT2D eigenvalue weighted by Crippen LogP contribution is 2.15. The average Bonchev–Trinajstić information content (AvgIpc) is 2.23. The van der Waals surface area contributed by atoms with Crippen LogP contribution in [-0.4, -0.2) is 0 Å². The Balaban J connectivity index is 2.24. The van der Waals surface area contributed by atoms with Crippen LogP contribution in [0, 0.1) is 3.57 Å². The van der Waals surface area contributed by atoms with E-state index in [0.717, 1.165) is 6.42 Å². The molecule has 0 spiro atoms. The van der Waals surface area contributed by atoms with Crippen LogP contribution < -0.4 is 0 Å². The van der Waals surface area contributed by atoms with Gasteiger partial charge in [0, 0.05) is 3.57 Å².